The molecule has 0 N–H and O–H groups in total. The third kappa shape index (κ3) is 3.68. The standard InChI is InChI=1S/C18H23ClO2/c1-2-13-3-5-14(6-4-13)16-11-20-18(21-12-16)15-7-9-17(19)10-8-15/h2,7-10,13-14,16,18H,1,3-6,11-12H2/t13-,14-,16-,18-. The van der Waals surface area contributed by atoms with Crippen LogP contribution < -0.4 is 0 Å². The lowest BCUT2D eigenvalue weighted by atomic mass is 9.76. The van der Waals surface area contributed by atoms with E-state index in [1.165, 1.54) is 25.7 Å². The molecule has 1 aromatic carbocycles. The molecule has 1 aliphatic heterocycles. The Morgan fingerprint density at radius 3 is 2.14 bits per heavy atom. The fourth-order valence-electron chi connectivity index (χ4n) is 3.45. The van der Waals surface area contributed by atoms with E-state index in [-0.39, 0.29) is 6.29 Å². The van der Waals surface area contributed by atoms with E-state index in [2.05, 4.69) is 12.7 Å². The molecule has 1 heterocycles. The van der Waals surface area contributed by atoms with Crippen LogP contribution in [-0.2, 0) is 9.47 Å². The number of halogens is 1. The lowest BCUT2D eigenvalue weighted by molar-refractivity contribution is -0.214. The van der Waals surface area contributed by atoms with Crippen molar-refractivity contribution in [3.63, 3.8) is 0 Å². The van der Waals surface area contributed by atoms with E-state index in [1.54, 1.807) is 0 Å². The van der Waals surface area contributed by atoms with Gasteiger partial charge in [-0.1, -0.05) is 29.8 Å². The topological polar surface area (TPSA) is 18.5 Å². The molecule has 0 spiro atoms. The molecule has 3 rings (SSSR count). The minimum atomic E-state index is -0.233. The predicted molar refractivity (Wildman–Crippen MR) is 85.2 cm³/mol. The second-order valence-corrected chi connectivity index (χ2v) is 6.66. The Bertz CT molecular complexity index is 455. The largest absolute Gasteiger partial charge is 0.348 e. The zero-order valence-corrected chi connectivity index (χ0v) is 13.1. The summed E-state index contributed by atoms with van der Waals surface area (Å²) in [5.74, 6) is 2.00. The van der Waals surface area contributed by atoms with Crippen molar-refractivity contribution in [2.75, 3.05) is 13.2 Å². The summed E-state index contributed by atoms with van der Waals surface area (Å²) in [6.45, 7) is 5.52. The number of allylic oxidation sites excluding steroid dienone is 1. The fourth-order valence-corrected chi connectivity index (χ4v) is 3.58. The van der Waals surface area contributed by atoms with Crippen LogP contribution in [0.1, 0.15) is 37.5 Å². The summed E-state index contributed by atoms with van der Waals surface area (Å²) in [4.78, 5) is 0. The Morgan fingerprint density at radius 1 is 0.952 bits per heavy atom. The first-order chi connectivity index (χ1) is 10.3. The van der Waals surface area contributed by atoms with Gasteiger partial charge in [-0.15, -0.1) is 6.58 Å². The maximum absolute atomic E-state index is 5.94. The van der Waals surface area contributed by atoms with Gasteiger partial charge in [-0.2, -0.15) is 0 Å². The van der Waals surface area contributed by atoms with Gasteiger partial charge in [0.05, 0.1) is 13.2 Å². The van der Waals surface area contributed by atoms with Gasteiger partial charge >= 0.3 is 0 Å². The van der Waals surface area contributed by atoms with Gasteiger partial charge in [0.1, 0.15) is 0 Å². The van der Waals surface area contributed by atoms with Gasteiger partial charge in [0.15, 0.2) is 6.29 Å². The molecular weight excluding hydrogens is 284 g/mol. The highest BCUT2D eigenvalue weighted by Gasteiger charge is 2.31. The highest BCUT2D eigenvalue weighted by Crippen LogP contribution is 2.37. The Hall–Kier alpha value is -0.830. The summed E-state index contributed by atoms with van der Waals surface area (Å²) in [6.07, 6.45) is 6.97. The monoisotopic (exact) mass is 306 g/mol. The Morgan fingerprint density at radius 2 is 1.57 bits per heavy atom. The van der Waals surface area contributed by atoms with Crippen LogP contribution in [0.5, 0.6) is 0 Å². The molecule has 21 heavy (non-hydrogen) atoms. The maximum Gasteiger partial charge on any atom is 0.183 e. The molecule has 1 saturated carbocycles. The Labute approximate surface area is 132 Å². The van der Waals surface area contributed by atoms with Crippen LogP contribution in [-0.4, -0.2) is 13.2 Å². The summed E-state index contributed by atoms with van der Waals surface area (Å²) in [7, 11) is 0. The molecule has 0 atom stereocenters. The first-order valence-electron chi connectivity index (χ1n) is 7.87. The van der Waals surface area contributed by atoms with E-state index in [0.29, 0.717) is 11.8 Å². The second-order valence-electron chi connectivity index (χ2n) is 6.22. The van der Waals surface area contributed by atoms with E-state index in [0.717, 1.165) is 29.7 Å². The van der Waals surface area contributed by atoms with Crippen molar-refractivity contribution >= 4 is 11.6 Å². The molecule has 0 radical (unpaired) electrons. The van der Waals surface area contributed by atoms with Crippen LogP contribution in [0.15, 0.2) is 36.9 Å². The Kier molecular flexibility index (Phi) is 4.99. The molecule has 2 fully saturated rings. The van der Waals surface area contributed by atoms with Gasteiger partial charge in [-0.3, -0.25) is 0 Å². The third-order valence-electron chi connectivity index (χ3n) is 4.88. The molecule has 3 heteroatoms. The van der Waals surface area contributed by atoms with Crippen LogP contribution in [0.4, 0.5) is 0 Å². The number of hydrogen-bond donors (Lipinski definition) is 0. The average Bonchev–Trinajstić information content (AvgIpc) is 2.56. The first kappa shape index (κ1) is 15.1. The molecule has 0 unspecified atom stereocenters. The van der Waals surface area contributed by atoms with Crippen molar-refractivity contribution in [2.24, 2.45) is 17.8 Å². The van der Waals surface area contributed by atoms with Gasteiger partial charge in [0.2, 0.25) is 0 Å². The van der Waals surface area contributed by atoms with Crippen LogP contribution >= 0.6 is 11.6 Å². The van der Waals surface area contributed by atoms with Gasteiger partial charge in [0, 0.05) is 16.5 Å². The second kappa shape index (κ2) is 6.95. The molecule has 114 valence electrons. The zero-order chi connectivity index (χ0) is 14.7. The average molecular weight is 307 g/mol. The van der Waals surface area contributed by atoms with Gasteiger partial charge in [-0.05, 0) is 49.7 Å². The third-order valence-corrected chi connectivity index (χ3v) is 5.13. The normalized spacial score (nSPS) is 33.6. The highest BCUT2D eigenvalue weighted by atomic mass is 35.5. The maximum atomic E-state index is 5.94. The zero-order valence-electron chi connectivity index (χ0n) is 12.3. The van der Waals surface area contributed by atoms with Crippen molar-refractivity contribution in [3.8, 4) is 0 Å². The van der Waals surface area contributed by atoms with E-state index in [9.17, 15) is 0 Å². The number of ether oxygens (including phenoxy) is 2. The van der Waals surface area contributed by atoms with E-state index in [1.807, 2.05) is 24.3 Å². The highest BCUT2D eigenvalue weighted by molar-refractivity contribution is 6.30. The lowest BCUT2D eigenvalue weighted by Gasteiger charge is -2.37. The van der Waals surface area contributed by atoms with Crippen molar-refractivity contribution in [2.45, 2.75) is 32.0 Å². The Balaban J connectivity index is 1.51. The van der Waals surface area contributed by atoms with Crippen LogP contribution in [0.25, 0.3) is 0 Å². The van der Waals surface area contributed by atoms with Crippen molar-refractivity contribution in [1.82, 2.24) is 0 Å². The minimum absolute atomic E-state index is 0.233. The van der Waals surface area contributed by atoms with Gasteiger partial charge in [0.25, 0.3) is 0 Å². The van der Waals surface area contributed by atoms with Gasteiger partial charge in [-0.25, -0.2) is 0 Å². The quantitative estimate of drug-likeness (QED) is 0.732. The minimum Gasteiger partial charge on any atom is -0.348 e. The molecule has 2 nitrogen and oxygen atoms in total. The SMILES string of the molecule is C=C[C@H]1CC[C@H]([C@H]2CO[C@H](c3ccc(Cl)cc3)OC2)CC1. The summed E-state index contributed by atoms with van der Waals surface area (Å²) >= 11 is 5.91. The molecule has 0 aromatic heterocycles. The van der Waals surface area contributed by atoms with Crippen LogP contribution in [0.2, 0.25) is 5.02 Å². The number of hydrogen-bond acceptors (Lipinski definition) is 2. The molecule has 1 aromatic rings. The van der Waals surface area contributed by atoms with E-state index >= 15 is 0 Å². The summed E-state index contributed by atoms with van der Waals surface area (Å²) in [6, 6.07) is 7.71. The molecule has 2 aliphatic rings. The number of rotatable bonds is 3. The molecule has 1 saturated heterocycles. The summed E-state index contributed by atoms with van der Waals surface area (Å²) in [5.41, 5.74) is 1.05. The molecule has 1 aliphatic carbocycles. The van der Waals surface area contributed by atoms with E-state index < -0.39 is 0 Å². The summed E-state index contributed by atoms with van der Waals surface area (Å²) in [5, 5.41) is 0.742. The predicted octanol–water partition coefficient (Wildman–Crippen LogP) is 4.99. The fraction of sp³-hybridized carbons (Fsp3) is 0.556. The number of benzene rings is 1. The van der Waals surface area contributed by atoms with Gasteiger partial charge < -0.3 is 9.47 Å². The first-order valence-corrected chi connectivity index (χ1v) is 8.25. The van der Waals surface area contributed by atoms with E-state index in [4.69, 9.17) is 21.1 Å². The smallest absolute Gasteiger partial charge is 0.183 e. The molecule has 0 amide bonds. The van der Waals surface area contributed by atoms with Crippen molar-refractivity contribution in [3.05, 3.63) is 47.5 Å². The van der Waals surface area contributed by atoms with Crippen LogP contribution in [0.3, 0.4) is 0 Å². The van der Waals surface area contributed by atoms with Crippen molar-refractivity contribution in [1.29, 1.82) is 0 Å². The molecular formula is C18H23ClO2. The van der Waals surface area contributed by atoms with Crippen molar-refractivity contribution < 1.29 is 9.47 Å². The van der Waals surface area contributed by atoms with Crippen LogP contribution in [0, 0.1) is 17.8 Å². The molecule has 0 bridgehead atoms. The summed E-state index contributed by atoms with van der Waals surface area (Å²) < 4.78 is 11.9. The lowest BCUT2D eigenvalue weighted by Crippen LogP contribution is -2.34.